The highest BCUT2D eigenvalue weighted by Gasteiger charge is 2.38. The summed E-state index contributed by atoms with van der Waals surface area (Å²) in [6, 6.07) is 15.2. The monoisotopic (exact) mass is 470 g/mol. The number of hydrogen-bond acceptors (Lipinski definition) is 5. The molecule has 1 unspecified atom stereocenters. The van der Waals surface area contributed by atoms with Crippen LogP contribution in [-0.2, 0) is 17.9 Å². The molecule has 0 bridgehead atoms. The third-order valence-corrected chi connectivity index (χ3v) is 7.25. The summed E-state index contributed by atoms with van der Waals surface area (Å²) in [5.74, 6) is 0.507. The number of piperidine rings is 1. The van der Waals surface area contributed by atoms with Crippen LogP contribution < -0.4 is 15.4 Å². The molecule has 1 aliphatic carbocycles. The third-order valence-electron chi connectivity index (χ3n) is 7.25. The maximum atomic E-state index is 13.0. The molecule has 1 saturated carbocycles. The Balaban J connectivity index is 1.24. The van der Waals surface area contributed by atoms with Crippen LogP contribution >= 0.6 is 0 Å². The highest BCUT2D eigenvalue weighted by molar-refractivity contribution is 6.01. The van der Waals surface area contributed by atoms with Crippen molar-refractivity contribution in [2.75, 3.05) is 0 Å². The maximum absolute atomic E-state index is 13.0. The molecule has 0 spiro atoms. The summed E-state index contributed by atoms with van der Waals surface area (Å²) < 4.78 is 6.44. The smallest absolute Gasteiger partial charge is 0.255 e. The van der Waals surface area contributed by atoms with E-state index in [4.69, 9.17) is 10.00 Å². The van der Waals surface area contributed by atoms with Gasteiger partial charge in [-0.15, -0.1) is 0 Å². The average molecular weight is 471 g/mol. The van der Waals surface area contributed by atoms with E-state index in [0.717, 1.165) is 49.1 Å². The Morgan fingerprint density at radius 3 is 2.69 bits per heavy atom. The molecule has 2 N–H and O–H groups in total. The second kappa shape index (κ2) is 9.93. The number of amides is 2. The van der Waals surface area contributed by atoms with Gasteiger partial charge in [-0.25, -0.2) is 0 Å². The molecule has 0 radical (unpaired) electrons. The van der Waals surface area contributed by atoms with Gasteiger partial charge in [-0.2, -0.15) is 5.26 Å². The fraction of sp³-hybridized carbons (Fsp3) is 0.393. The largest absolute Gasteiger partial charge is 0.489 e. The first-order valence-electron chi connectivity index (χ1n) is 12.3. The van der Waals surface area contributed by atoms with Crippen molar-refractivity contribution in [1.82, 2.24) is 15.5 Å². The first-order chi connectivity index (χ1) is 17.0. The first kappa shape index (κ1) is 23.1. The lowest BCUT2D eigenvalue weighted by molar-refractivity contribution is -0.126. The van der Waals surface area contributed by atoms with E-state index >= 15 is 0 Å². The van der Waals surface area contributed by atoms with Gasteiger partial charge < -0.3 is 20.3 Å². The molecule has 3 aliphatic rings. The Morgan fingerprint density at radius 2 is 1.91 bits per heavy atom. The number of nitriles is 1. The van der Waals surface area contributed by atoms with Crippen molar-refractivity contribution in [3.63, 3.8) is 0 Å². The Labute approximate surface area is 205 Å². The highest BCUT2D eigenvalue weighted by atomic mass is 16.5. The van der Waals surface area contributed by atoms with Gasteiger partial charge >= 0.3 is 0 Å². The number of ether oxygens (including phenoxy) is 1. The number of carbonyl (C=O) groups excluding carboxylic acids is 2. The topological polar surface area (TPSA) is 94.5 Å². The molecule has 2 amide bonds. The maximum Gasteiger partial charge on any atom is 0.255 e. The normalized spacial score (nSPS) is 24.0. The molecule has 7 heteroatoms. The summed E-state index contributed by atoms with van der Waals surface area (Å²) in [6.45, 7) is 4.97. The van der Waals surface area contributed by atoms with Crippen LogP contribution in [0.2, 0.25) is 0 Å². The third kappa shape index (κ3) is 4.94. The van der Waals surface area contributed by atoms with Crippen LogP contribution in [0.3, 0.4) is 0 Å². The zero-order valence-corrected chi connectivity index (χ0v) is 19.8. The fourth-order valence-corrected chi connectivity index (χ4v) is 5.30. The number of allylic oxidation sites excluding steroid dienone is 1. The van der Waals surface area contributed by atoms with E-state index in [1.807, 2.05) is 42.5 Å². The number of hydrogen-bond donors (Lipinski definition) is 2. The molecule has 5 rings (SSSR count). The number of nitrogens with one attached hydrogen (secondary N) is 2. The zero-order valence-electron chi connectivity index (χ0n) is 19.8. The summed E-state index contributed by atoms with van der Waals surface area (Å²) in [6.07, 6.45) is 5.63. The lowest BCUT2D eigenvalue weighted by Gasteiger charge is -2.33. The van der Waals surface area contributed by atoms with Crippen LogP contribution in [0.5, 0.6) is 5.75 Å². The van der Waals surface area contributed by atoms with E-state index in [1.54, 1.807) is 4.90 Å². The van der Waals surface area contributed by atoms with Crippen molar-refractivity contribution in [2.45, 2.75) is 69.8 Å². The molecule has 2 aliphatic heterocycles. The average Bonchev–Trinajstić information content (AvgIpc) is 3.19. The molecule has 35 heavy (non-hydrogen) atoms. The van der Waals surface area contributed by atoms with E-state index < -0.39 is 6.04 Å². The van der Waals surface area contributed by atoms with Gasteiger partial charge in [0, 0.05) is 30.4 Å². The lowest BCUT2D eigenvalue weighted by atomic mass is 9.92. The van der Waals surface area contributed by atoms with Crippen molar-refractivity contribution in [3.05, 3.63) is 77.0 Å². The van der Waals surface area contributed by atoms with Crippen LogP contribution in [0.15, 0.2) is 54.7 Å². The predicted molar refractivity (Wildman–Crippen MR) is 131 cm³/mol. The Kier molecular flexibility index (Phi) is 6.56. The van der Waals surface area contributed by atoms with Gasteiger partial charge in [0.05, 0.1) is 11.6 Å². The lowest BCUT2D eigenvalue weighted by Crippen LogP contribution is -2.49. The molecule has 180 valence electrons. The van der Waals surface area contributed by atoms with E-state index in [0.29, 0.717) is 36.2 Å². The quantitative estimate of drug-likeness (QED) is 0.670. The summed E-state index contributed by atoms with van der Waals surface area (Å²) in [5.41, 5.74) is 4.06. The standard InChI is InChI=1S/C28H30N4O3/c1-18-6-13-25(27(33)31-18)32-17-21-14-22(11-12-23(21)28(32)34)35-26-5-3-2-4-24(26)30-16-20-9-7-19(15-29)8-10-20/h7-12,14,24-26,30H,1-6,13,16-17H2,(H,31,33)/t24-,25?,26-/m1/s1. The molecule has 2 aromatic rings. The SMILES string of the molecule is C=C1CCC(N2Cc3cc(O[C@@H]4CCCC[C@H]4NCc4ccc(C#N)cc4)ccc3C2=O)C(=O)N1. The summed E-state index contributed by atoms with van der Waals surface area (Å²) in [7, 11) is 0. The number of rotatable bonds is 6. The van der Waals surface area contributed by atoms with E-state index in [-0.39, 0.29) is 24.0 Å². The zero-order chi connectivity index (χ0) is 24.4. The minimum absolute atomic E-state index is 0.0449. The van der Waals surface area contributed by atoms with Crippen LogP contribution in [0.4, 0.5) is 0 Å². The van der Waals surface area contributed by atoms with Crippen LogP contribution in [0, 0.1) is 11.3 Å². The second-order valence-corrected chi connectivity index (χ2v) is 9.64. The predicted octanol–water partition coefficient (Wildman–Crippen LogP) is 3.79. The van der Waals surface area contributed by atoms with Crippen molar-refractivity contribution in [2.24, 2.45) is 0 Å². The Morgan fingerprint density at radius 1 is 1.11 bits per heavy atom. The van der Waals surface area contributed by atoms with Crippen LogP contribution in [0.1, 0.15) is 65.6 Å². The summed E-state index contributed by atoms with van der Waals surface area (Å²) >= 11 is 0. The van der Waals surface area contributed by atoms with Crippen molar-refractivity contribution < 1.29 is 14.3 Å². The van der Waals surface area contributed by atoms with Gasteiger partial charge in [0.2, 0.25) is 5.91 Å². The Bertz CT molecular complexity index is 1180. The molecule has 1 saturated heterocycles. The molecule has 7 nitrogen and oxygen atoms in total. The molecule has 2 fully saturated rings. The van der Waals surface area contributed by atoms with Crippen LogP contribution in [-0.4, -0.2) is 34.9 Å². The van der Waals surface area contributed by atoms with Crippen molar-refractivity contribution in [1.29, 1.82) is 5.26 Å². The van der Waals surface area contributed by atoms with Gasteiger partial charge in [-0.1, -0.05) is 25.1 Å². The van der Waals surface area contributed by atoms with Crippen molar-refractivity contribution >= 4 is 11.8 Å². The first-order valence-corrected chi connectivity index (χ1v) is 12.3. The molecular weight excluding hydrogens is 440 g/mol. The number of benzene rings is 2. The molecule has 2 heterocycles. The molecule has 0 aromatic heterocycles. The summed E-state index contributed by atoms with van der Waals surface area (Å²) in [4.78, 5) is 27.1. The van der Waals surface area contributed by atoms with Crippen LogP contribution in [0.25, 0.3) is 0 Å². The van der Waals surface area contributed by atoms with Gasteiger partial charge in [0.1, 0.15) is 17.9 Å². The number of carbonyl (C=O) groups is 2. The van der Waals surface area contributed by atoms with Gasteiger partial charge in [0.15, 0.2) is 0 Å². The second-order valence-electron chi connectivity index (χ2n) is 9.64. The van der Waals surface area contributed by atoms with E-state index in [9.17, 15) is 9.59 Å². The fourth-order valence-electron chi connectivity index (χ4n) is 5.30. The molecule has 2 aromatic carbocycles. The van der Waals surface area contributed by atoms with E-state index in [1.165, 1.54) is 0 Å². The van der Waals surface area contributed by atoms with Crippen molar-refractivity contribution in [3.8, 4) is 11.8 Å². The van der Waals surface area contributed by atoms with Gasteiger partial charge in [0.25, 0.3) is 5.91 Å². The summed E-state index contributed by atoms with van der Waals surface area (Å²) in [5, 5.41) is 15.4. The number of nitrogens with zero attached hydrogens (tertiary/aromatic N) is 2. The van der Waals surface area contributed by atoms with Gasteiger partial charge in [-0.3, -0.25) is 9.59 Å². The van der Waals surface area contributed by atoms with E-state index in [2.05, 4.69) is 23.3 Å². The minimum atomic E-state index is -0.459. The Hall–Kier alpha value is -3.63. The number of fused-ring (bicyclic) bond motifs is 1. The minimum Gasteiger partial charge on any atom is -0.489 e. The van der Waals surface area contributed by atoms with Gasteiger partial charge in [-0.05, 0) is 73.6 Å². The highest BCUT2D eigenvalue weighted by Crippen LogP contribution is 2.32. The molecule has 3 atom stereocenters. The molecular formula is C28H30N4O3.